The number of carbonyl (C=O) groups is 1. The van der Waals surface area contributed by atoms with E-state index in [1.165, 1.54) is 12.1 Å². The van der Waals surface area contributed by atoms with Crippen LogP contribution in [-0.4, -0.2) is 26.7 Å². The van der Waals surface area contributed by atoms with Crippen molar-refractivity contribution in [1.29, 1.82) is 0 Å². The van der Waals surface area contributed by atoms with Gasteiger partial charge in [0.15, 0.2) is 5.78 Å². The fraction of sp³-hybridized carbons (Fsp3) is 0.125. The topological polar surface area (TPSA) is 128 Å². The summed E-state index contributed by atoms with van der Waals surface area (Å²) >= 11 is 0. The van der Waals surface area contributed by atoms with Gasteiger partial charge in [0.25, 0.3) is 10.0 Å². The zero-order chi connectivity index (χ0) is 17.6. The molecule has 0 saturated carbocycles. The lowest BCUT2D eigenvalue weighted by Gasteiger charge is -2.07. The molecule has 0 radical (unpaired) electrons. The van der Waals surface area contributed by atoms with E-state index in [2.05, 4.69) is 9.71 Å². The number of Topliss-reactive ketones (excluding diaryl/α,β-unsaturated/α-hetero) is 1. The van der Waals surface area contributed by atoms with E-state index < -0.39 is 16.0 Å². The van der Waals surface area contributed by atoms with Crippen LogP contribution in [0.2, 0.25) is 0 Å². The van der Waals surface area contributed by atoms with Crippen molar-refractivity contribution < 1.29 is 13.2 Å². The quantitative estimate of drug-likeness (QED) is 0.394. The van der Waals surface area contributed by atoms with Crippen LogP contribution in [-0.2, 0) is 10.0 Å². The van der Waals surface area contributed by atoms with Crippen molar-refractivity contribution in [1.82, 2.24) is 0 Å². The first-order chi connectivity index (χ1) is 11.4. The highest BCUT2D eigenvalue weighted by Gasteiger charge is 2.12. The molecule has 0 aliphatic carbocycles. The normalized spacial score (nSPS) is 10.8. The maximum Gasteiger partial charge on any atom is 0.285 e. The Kier molecular flexibility index (Phi) is 5.54. The van der Waals surface area contributed by atoms with E-state index in [1.807, 2.05) is 18.2 Å². The first kappa shape index (κ1) is 17.5. The Balaban J connectivity index is 1.93. The summed E-state index contributed by atoms with van der Waals surface area (Å²) in [4.78, 5) is 12.0. The van der Waals surface area contributed by atoms with Crippen LogP contribution in [0.25, 0.3) is 0 Å². The minimum absolute atomic E-state index is 0.0122. The monoisotopic (exact) mass is 346 g/mol. The first-order valence-corrected chi connectivity index (χ1v) is 8.60. The number of anilines is 1. The summed E-state index contributed by atoms with van der Waals surface area (Å²) in [5.74, 6) is -0.480. The maximum absolute atomic E-state index is 12.0. The fourth-order valence-electron chi connectivity index (χ4n) is 2.02. The molecule has 0 aliphatic rings. The molecule has 0 bridgehead atoms. The second kappa shape index (κ2) is 7.60. The van der Waals surface area contributed by atoms with Gasteiger partial charge in [-0.05, 0) is 24.3 Å². The van der Waals surface area contributed by atoms with Gasteiger partial charge >= 0.3 is 0 Å². The van der Waals surface area contributed by atoms with E-state index in [9.17, 15) is 13.2 Å². The second-order valence-corrected chi connectivity index (χ2v) is 6.59. The van der Waals surface area contributed by atoms with Crippen molar-refractivity contribution in [3.05, 3.63) is 60.2 Å². The summed E-state index contributed by atoms with van der Waals surface area (Å²) in [5, 5.41) is 3.06. The zero-order valence-corrected chi connectivity index (χ0v) is 13.7. The highest BCUT2D eigenvalue weighted by Crippen LogP contribution is 2.16. The number of sulfonamides is 1. The van der Waals surface area contributed by atoms with Crippen LogP contribution in [0.5, 0.6) is 0 Å². The molecule has 0 aromatic heterocycles. The standard InChI is InChI=1S/C16H18N4O3S/c17-16(18)20-24(22,23)14-8-6-13(7-9-14)19-11-10-15(21)12-4-2-1-3-5-12/h1-9,19H,10-11H2,(H4,17,18,20). The SMILES string of the molecule is NC(N)=NS(=O)(=O)c1ccc(NCCC(=O)c2ccccc2)cc1. The Morgan fingerprint density at radius 2 is 1.62 bits per heavy atom. The van der Waals surface area contributed by atoms with E-state index in [-0.39, 0.29) is 10.7 Å². The summed E-state index contributed by atoms with van der Waals surface area (Å²) in [6, 6.07) is 15.0. The summed E-state index contributed by atoms with van der Waals surface area (Å²) in [6.07, 6.45) is 0.331. The molecule has 2 rings (SSSR count). The molecule has 0 heterocycles. The molecule has 0 fully saturated rings. The fourth-order valence-corrected chi connectivity index (χ4v) is 2.89. The molecular weight excluding hydrogens is 328 g/mol. The molecule has 24 heavy (non-hydrogen) atoms. The van der Waals surface area contributed by atoms with Crippen molar-refractivity contribution in [2.45, 2.75) is 11.3 Å². The molecule has 2 aromatic carbocycles. The van der Waals surface area contributed by atoms with Crippen molar-refractivity contribution in [3.8, 4) is 0 Å². The second-order valence-electron chi connectivity index (χ2n) is 4.98. The van der Waals surface area contributed by atoms with Crippen molar-refractivity contribution in [3.63, 3.8) is 0 Å². The number of hydrogen-bond donors (Lipinski definition) is 3. The predicted octanol–water partition coefficient (Wildman–Crippen LogP) is 1.33. The summed E-state index contributed by atoms with van der Waals surface area (Å²) < 4.78 is 26.8. The van der Waals surface area contributed by atoms with Crippen LogP contribution >= 0.6 is 0 Å². The highest BCUT2D eigenvalue weighted by atomic mass is 32.2. The van der Waals surface area contributed by atoms with Crippen molar-refractivity contribution in [2.24, 2.45) is 15.9 Å². The number of guanidine groups is 1. The van der Waals surface area contributed by atoms with Crippen LogP contribution in [0.1, 0.15) is 16.8 Å². The molecule has 7 nitrogen and oxygen atoms in total. The molecule has 0 spiro atoms. The third kappa shape index (κ3) is 4.82. The Morgan fingerprint density at radius 3 is 2.21 bits per heavy atom. The summed E-state index contributed by atoms with van der Waals surface area (Å²) in [7, 11) is -3.89. The van der Waals surface area contributed by atoms with Gasteiger partial charge in [-0.1, -0.05) is 30.3 Å². The van der Waals surface area contributed by atoms with Gasteiger partial charge < -0.3 is 16.8 Å². The molecule has 0 amide bonds. The molecule has 0 unspecified atom stereocenters. The Morgan fingerprint density at radius 1 is 1.00 bits per heavy atom. The van der Waals surface area contributed by atoms with Gasteiger partial charge in [0.2, 0.25) is 5.96 Å². The molecule has 0 atom stereocenters. The number of nitrogens with zero attached hydrogens (tertiary/aromatic N) is 1. The van der Waals surface area contributed by atoms with Gasteiger partial charge in [-0.3, -0.25) is 4.79 Å². The average molecular weight is 346 g/mol. The number of ketones is 1. The molecule has 5 N–H and O–H groups in total. The number of nitrogens with one attached hydrogen (secondary N) is 1. The van der Waals surface area contributed by atoms with E-state index in [1.54, 1.807) is 24.3 Å². The predicted molar refractivity (Wildman–Crippen MR) is 93.3 cm³/mol. The van der Waals surface area contributed by atoms with Crippen LogP contribution in [0, 0.1) is 0 Å². The zero-order valence-electron chi connectivity index (χ0n) is 12.8. The van der Waals surface area contributed by atoms with Crippen LogP contribution in [0.3, 0.4) is 0 Å². The summed E-state index contributed by atoms with van der Waals surface area (Å²) in [5.41, 5.74) is 11.5. The van der Waals surface area contributed by atoms with Gasteiger partial charge in [0.05, 0.1) is 4.90 Å². The van der Waals surface area contributed by atoms with Crippen LogP contribution in [0.4, 0.5) is 5.69 Å². The Bertz CT molecular complexity index is 827. The van der Waals surface area contributed by atoms with E-state index in [0.29, 0.717) is 24.2 Å². The van der Waals surface area contributed by atoms with Crippen molar-refractivity contribution in [2.75, 3.05) is 11.9 Å². The lowest BCUT2D eigenvalue weighted by atomic mass is 10.1. The number of carbonyl (C=O) groups excluding carboxylic acids is 1. The van der Waals surface area contributed by atoms with Gasteiger partial charge in [-0.2, -0.15) is 8.42 Å². The van der Waals surface area contributed by atoms with E-state index in [0.717, 1.165) is 0 Å². The van der Waals surface area contributed by atoms with Gasteiger partial charge in [-0.15, -0.1) is 4.40 Å². The van der Waals surface area contributed by atoms with Gasteiger partial charge in [0.1, 0.15) is 0 Å². The van der Waals surface area contributed by atoms with Crippen LogP contribution < -0.4 is 16.8 Å². The Labute approximate surface area is 140 Å². The Hall–Kier alpha value is -2.87. The minimum Gasteiger partial charge on any atom is -0.385 e. The minimum atomic E-state index is -3.89. The van der Waals surface area contributed by atoms with E-state index >= 15 is 0 Å². The lowest BCUT2D eigenvalue weighted by Crippen LogP contribution is -2.24. The number of hydrogen-bond acceptors (Lipinski definition) is 4. The third-order valence-electron chi connectivity index (χ3n) is 3.15. The van der Waals surface area contributed by atoms with E-state index in [4.69, 9.17) is 11.5 Å². The first-order valence-electron chi connectivity index (χ1n) is 7.16. The lowest BCUT2D eigenvalue weighted by molar-refractivity contribution is 0.0986. The van der Waals surface area contributed by atoms with Crippen molar-refractivity contribution >= 4 is 27.5 Å². The third-order valence-corrected chi connectivity index (χ3v) is 4.47. The summed E-state index contributed by atoms with van der Waals surface area (Å²) in [6.45, 7) is 0.438. The number of nitrogens with two attached hydrogens (primary N) is 2. The smallest absolute Gasteiger partial charge is 0.285 e. The average Bonchev–Trinajstić information content (AvgIpc) is 2.55. The number of rotatable bonds is 7. The molecule has 0 aliphatic heterocycles. The number of benzene rings is 2. The van der Waals surface area contributed by atoms with Gasteiger partial charge in [0, 0.05) is 24.2 Å². The molecular formula is C16H18N4O3S. The highest BCUT2D eigenvalue weighted by molar-refractivity contribution is 7.90. The van der Waals surface area contributed by atoms with Gasteiger partial charge in [-0.25, -0.2) is 0 Å². The molecule has 126 valence electrons. The molecule has 0 saturated heterocycles. The largest absolute Gasteiger partial charge is 0.385 e. The molecule has 2 aromatic rings. The van der Waals surface area contributed by atoms with Crippen LogP contribution in [0.15, 0.2) is 63.9 Å². The maximum atomic E-state index is 12.0. The molecule has 8 heteroatoms.